The van der Waals surface area contributed by atoms with E-state index >= 15 is 0 Å². The van der Waals surface area contributed by atoms with Crippen molar-refractivity contribution in [3.8, 4) is 0 Å². The first-order valence-corrected chi connectivity index (χ1v) is 7.54. The summed E-state index contributed by atoms with van der Waals surface area (Å²) in [5.74, 6) is 0.469. The number of nitrogens with zero attached hydrogens (tertiary/aromatic N) is 1. The minimum Gasteiger partial charge on any atom is -0.399 e. The number of benzene rings is 1. The molecule has 0 saturated carbocycles. The Kier molecular flexibility index (Phi) is 3.03. The van der Waals surface area contributed by atoms with Gasteiger partial charge in [0.2, 0.25) is 0 Å². The molecule has 0 amide bonds. The van der Waals surface area contributed by atoms with E-state index in [9.17, 15) is 8.42 Å². The second kappa shape index (κ2) is 4.22. The summed E-state index contributed by atoms with van der Waals surface area (Å²) in [5.41, 5.74) is 8.64. The Balaban J connectivity index is 2.26. The van der Waals surface area contributed by atoms with Crippen molar-refractivity contribution in [2.24, 2.45) is 0 Å². The maximum absolute atomic E-state index is 11.5. The molecule has 1 aromatic rings. The van der Waals surface area contributed by atoms with Gasteiger partial charge in [-0.1, -0.05) is 0 Å². The number of hydrogen-bond acceptors (Lipinski definition) is 4. The Morgan fingerprint density at radius 1 is 1.41 bits per heavy atom. The van der Waals surface area contributed by atoms with Gasteiger partial charge in [0, 0.05) is 24.0 Å². The maximum atomic E-state index is 11.5. The van der Waals surface area contributed by atoms with Crippen LogP contribution in [0.5, 0.6) is 0 Å². The van der Waals surface area contributed by atoms with Gasteiger partial charge in [0.1, 0.15) is 0 Å². The summed E-state index contributed by atoms with van der Waals surface area (Å²) in [6, 6.07) is 5.87. The summed E-state index contributed by atoms with van der Waals surface area (Å²) < 4.78 is 23.0. The highest BCUT2D eigenvalue weighted by Gasteiger charge is 2.28. The number of aryl methyl sites for hydroxylation is 1. The summed E-state index contributed by atoms with van der Waals surface area (Å²) in [4.78, 5) is 2.13. The summed E-state index contributed by atoms with van der Waals surface area (Å²) in [5, 5.41) is 0. The standard InChI is InChI=1S/C12H18N2O2S/c1-9-7-11(3-4-12(9)13)14-5-6-17(15,16)8-10(14)2/h3-4,7,10H,5-6,8,13H2,1-2H3. The lowest BCUT2D eigenvalue weighted by Crippen LogP contribution is -2.47. The lowest BCUT2D eigenvalue weighted by atomic mass is 10.1. The minimum absolute atomic E-state index is 0.0248. The van der Waals surface area contributed by atoms with E-state index in [2.05, 4.69) is 4.90 Å². The molecule has 4 nitrogen and oxygen atoms in total. The molecule has 94 valence electrons. The van der Waals surface area contributed by atoms with Crippen molar-refractivity contribution in [1.29, 1.82) is 0 Å². The van der Waals surface area contributed by atoms with Gasteiger partial charge in [0.15, 0.2) is 9.84 Å². The smallest absolute Gasteiger partial charge is 0.154 e. The van der Waals surface area contributed by atoms with Crippen molar-refractivity contribution in [2.75, 3.05) is 28.7 Å². The van der Waals surface area contributed by atoms with Crippen molar-refractivity contribution >= 4 is 21.2 Å². The Labute approximate surface area is 102 Å². The van der Waals surface area contributed by atoms with Crippen molar-refractivity contribution in [3.63, 3.8) is 0 Å². The monoisotopic (exact) mass is 254 g/mol. The van der Waals surface area contributed by atoms with E-state index < -0.39 is 9.84 Å². The molecular formula is C12H18N2O2S. The molecule has 0 aliphatic carbocycles. The fourth-order valence-corrected chi connectivity index (χ4v) is 3.78. The van der Waals surface area contributed by atoms with Gasteiger partial charge in [-0.25, -0.2) is 8.42 Å². The van der Waals surface area contributed by atoms with Crippen LogP contribution in [0.15, 0.2) is 18.2 Å². The molecule has 17 heavy (non-hydrogen) atoms. The minimum atomic E-state index is -2.86. The molecule has 0 aromatic heterocycles. The molecule has 0 spiro atoms. The van der Waals surface area contributed by atoms with Gasteiger partial charge in [-0.15, -0.1) is 0 Å². The van der Waals surface area contributed by atoms with Crippen LogP contribution in [0.3, 0.4) is 0 Å². The Bertz CT molecular complexity index is 525. The van der Waals surface area contributed by atoms with Crippen LogP contribution < -0.4 is 10.6 Å². The zero-order valence-corrected chi connectivity index (χ0v) is 11.0. The molecule has 2 N–H and O–H groups in total. The molecule has 1 atom stereocenters. The second-order valence-corrected chi connectivity index (χ2v) is 6.93. The highest BCUT2D eigenvalue weighted by molar-refractivity contribution is 7.91. The quantitative estimate of drug-likeness (QED) is 0.765. The zero-order chi connectivity index (χ0) is 12.6. The van der Waals surface area contributed by atoms with Crippen LogP contribution in [-0.4, -0.2) is 32.5 Å². The first-order chi connectivity index (χ1) is 7.89. The molecule has 1 aliphatic heterocycles. The lowest BCUT2D eigenvalue weighted by Gasteiger charge is -2.35. The molecule has 1 aromatic carbocycles. The highest BCUT2D eigenvalue weighted by atomic mass is 32.2. The first kappa shape index (κ1) is 12.2. The summed E-state index contributed by atoms with van der Waals surface area (Å²) in [6.07, 6.45) is 0. The number of anilines is 2. The third kappa shape index (κ3) is 2.54. The van der Waals surface area contributed by atoms with Crippen LogP contribution >= 0.6 is 0 Å². The van der Waals surface area contributed by atoms with Gasteiger partial charge in [-0.3, -0.25) is 0 Å². The van der Waals surface area contributed by atoms with Crippen molar-refractivity contribution in [3.05, 3.63) is 23.8 Å². The summed E-state index contributed by atoms with van der Waals surface area (Å²) in [7, 11) is -2.86. The van der Waals surface area contributed by atoms with Crippen LogP contribution in [0, 0.1) is 6.92 Å². The third-order valence-corrected chi connectivity index (χ3v) is 5.05. The van der Waals surface area contributed by atoms with Crippen molar-refractivity contribution in [1.82, 2.24) is 0 Å². The van der Waals surface area contributed by atoms with Crippen LogP contribution in [-0.2, 0) is 9.84 Å². The van der Waals surface area contributed by atoms with Crippen molar-refractivity contribution < 1.29 is 8.42 Å². The van der Waals surface area contributed by atoms with Gasteiger partial charge in [0.25, 0.3) is 0 Å². The van der Waals surface area contributed by atoms with Gasteiger partial charge >= 0.3 is 0 Å². The molecule has 0 radical (unpaired) electrons. The number of rotatable bonds is 1. The van der Waals surface area contributed by atoms with Gasteiger partial charge in [-0.2, -0.15) is 0 Å². The summed E-state index contributed by atoms with van der Waals surface area (Å²) in [6.45, 7) is 4.47. The second-order valence-electron chi connectivity index (χ2n) is 4.70. The lowest BCUT2D eigenvalue weighted by molar-refractivity contribution is 0.568. The largest absolute Gasteiger partial charge is 0.399 e. The highest BCUT2D eigenvalue weighted by Crippen LogP contribution is 2.24. The molecular weight excluding hydrogens is 236 g/mol. The Hall–Kier alpha value is -1.23. The fraction of sp³-hybridized carbons (Fsp3) is 0.500. The SMILES string of the molecule is Cc1cc(N2CCS(=O)(=O)CC2C)ccc1N. The van der Waals surface area contributed by atoms with Crippen LogP contribution in [0.1, 0.15) is 12.5 Å². The number of hydrogen-bond donors (Lipinski definition) is 1. The molecule has 5 heteroatoms. The number of sulfone groups is 1. The maximum Gasteiger partial charge on any atom is 0.154 e. The molecule has 1 unspecified atom stereocenters. The van der Waals surface area contributed by atoms with Crippen LogP contribution in [0.4, 0.5) is 11.4 Å². The first-order valence-electron chi connectivity index (χ1n) is 5.72. The van der Waals surface area contributed by atoms with Gasteiger partial charge < -0.3 is 10.6 Å². The van der Waals surface area contributed by atoms with E-state index in [4.69, 9.17) is 5.73 Å². The number of nitrogen functional groups attached to an aromatic ring is 1. The van der Waals surface area contributed by atoms with E-state index in [1.54, 1.807) is 0 Å². The normalized spacial score (nSPS) is 23.6. The van der Waals surface area contributed by atoms with Gasteiger partial charge in [0.05, 0.1) is 11.5 Å². The predicted molar refractivity (Wildman–Crippen MR) is 71.1 cm³/mol. The Morgan fingerprint density at radius 3 is 2.71 bits per heavy atom. The molecule has 1 heterocycles. The van der Waals surface area contributed by atoms with E-state index in [0.717, 1.165) is 16.9 Å². The molecule has 0 bridgehead atoms. The van der Waals surface area contributed by atoms with Crippen LogP contribution in [0.25, 0.3) is 0 Å². The third-order valence-electron chi connectivity index (χ3n) is 3.26. The average molecular weight is 254 g/mol. The summed E-state index contributed by atoms with van der Waals surface area (Å²) >= 11 is 0. The molecule has 2 rings (SSSR count). The van der Waals surface area contributed by atoms with E-state index in [1.807, 2.05) is 32.0 Å². The molecule has 1 aliphatic rings. The van der Waals surface area contributed by atoms with E-state index in [1.165, 1.54) is 0 Å². The van der Waals surface area contributed by atoms with E-state index in [0.29, 0.717) is 6.54 Å². The zero-order valence-electron chi connectivity index (χ0n) is 10.2. The molecule has 1 fully saturated rings. The molecule has 1 saturated heterocycles. The predicted octanol–water partition coefficient (Wildman–Crippen LogP) is 1.20. The topological polar surface area (TPSA) is 63.4 Å². The van der Waals surface area contributed by atoms with Crippen LogP contribution in [0.2, 0.25) is 0 Å². The Morgan fingerprint density at radius 2 is 2.12 bits per heavy atom. The van der Waals surface area contributed by atoms with Crippen molar-refractivity contribution in [2.45, 2.75) is 19.9 Å². The number of nitrogens with two attached hydrogens (primary N) is 1. The fourth-order valence-electron chi connectivity index (χ4n) is 2.22. The average Bonchev–Trinajstić information content (AvgIpc) is 2.21. The van der Waals surface area contributed by atoms with Gasteiger partial charge in [-0.05, 0) is 37.6 Å². The van der Waals surface area contributed by atoms with E-state index in [-0.39, 0.29) is 17.5 Å².